The summed E-state index contributed by atoms with van der Waals surface area (Å²) >= 11 is 5.52. The number of aliphatic imine (C=N–C) groups is 1. The van der Waals surface area contributed by atoms with E-state index < -0.39 is 4.92 Å². The molecule has 1 aromatic rings. The van der Waals surface area contributed by atoms with Crippen molar-refractivity contribution in [2.45, 2.75) is 0 Å². The zero-order valence-corrected chi connectivity index (χ0v) is 8.14. The molecule has 0 aliphatic heterocycles. The van der Waals surface area contributed by atoms with Crippen LogP contribution in [0.1, 0.15) is 5.56 Å². The lowest BCUT2D eigenvalue weighted by Gasteiger charge is -1.93. The van der Waals surface area contributed by atoms with Gasteiger partial charge in [0.1, 0.15) is 5.16 Å². The van der Waals surface area contributed by atoms with Gasteiger partial charge < -0.3 is 0 Å². The molecule has 0 saturated carbocycles. The lowest BCUT2D eigenvalue weighted by Crippen LogP contribution is -1.86. The Hall–Kier alpha value is -1.97. The highest BCUT2D eigenvalue weighted by molar-refractivity contribution is 6.31. The van der Waals surface area contributed by atoms with Crippen LogP contribution in [0, 0.1) is 10.1 Å². The largest absolute Gasteiger partial charge is 0.269 e. The predicted molar refractivity (Wildman–Crippen MR) is 55.0 cm³/mol. The molecule has 0 amide bonds. The molecule has 0 N–H and O–H groups in total. The summed E-state index contributed by atoms with van der Waals surface area (Å²) in [4.78, 5) is 22.8. The Labute approximate surface area is 89.8 Å². The average Bonchev–Trinajstić information content (AvgIpc) is 2.18. The molecule has 0 aliphatic rings. The van der Waals surface area contributed by atoms with E-state index in [1.807, 2.05) is 0 Å². The van der Waals surface area contributed by atoms with Crippen molar-refractivity contribution in [3.63, 3.8) is 0 Å². The summed E-state index contributed by atoms with van der Waals surface area (Å²) < 4.78 is 0. The van der Waals surface area contributed by atoms with Crippen molar-refractivity contribution in [1.82, 2.24) is 0 Å². The first-order valence-electron chi connectivity index (χ1n) is 3.83. The second-order valence-electron chi connectivity index (χ2n) is 2.52. The molecule has 0 heterocycles. The van der Waals surface area contributed by atoms with Crippen LogP contribution in [-0.2, 0) is 4.79 Å². The van der Waals surface area contributed by atoms with Crippen molar-refractivity contribution >= 4 is 29.4 Å². The first-order chi connectivity index (χ1) is 7.13. The molecule has 5 nitrogen and oxygen atoms in total. The van der Waals surface area contributed by atoms with Crippen molar-refractivity contribution in [3.05, 3.63) is 45.1 Å². The van der Waals surface area contributed by atoms with Crippen molar-refractivity contribution in [2.75, 3.05) is 0 Å². The predicted octanol–water partition coefficient (Wildman–Crippen LogP) is 2.47. The first kappa shape index (κ1) is 11.1. The van der Waals surface area contributed by atoms with Gasteiger partial charge in [0.05, 0.1) is 4.92 Å². The number of rotatable bonds is 3. The number of hydrogen-bond donors (Lipinski definition) is 0. The Kier molecular flexibility index (Phi) is 3.74. The number of isocyanates is 1. The van der Waals surface area contributed by atoms with Crippen LogP contribution in [0.25, 0.3) is 6.08 Å². The zero-order chi connectivity index (χ0) is 11.3. The SMILES string of the molecule is O=C=N/C(Cl)=C/c1ccc([N+](=O)[O-])cc1. The summed E-state index contributed by atoms with van der Waals surface area (Å²) in [6.07, 6.45) is 2.68. The van der Waals surface area contributed by atoms with Crippen LogP contribution in [0.3, 0.4) is 0 Å². The van der Waals surface area contributed by atoms with Gasteiger partial charge in [-0.1, -0.05) is 11.6 Å². The maximum atomic E-state index is 10.3. The second-order valence-corrected chi connectivity index (χ2v) is 2.91. The molecule has 1 rings (SSSR count). The minimum atomic E-state index is -0.501. The van der Waals surface area contributed by atoms with Crippen LogP contribution in [0.2, 0.25) is 0 Å². The van der Waals surface area contributed by atoms with Gasteiger partial charge in [-0.15, -0.1) is 0 Å². The average molecular weight is 225 g/mol. The van der Waals surface area contributed by atoms with Crippen LogP contribution in [-0.4, -0.2) is 11.0 Å². The number of non-ortho nitro benzene ring substituents is 1. The van der Waals surface area contributed by atoms with E-state index in [1.54, 1.807) is 0 Å². The Morgan fingerprint density at radius 2 is 2.07 bits per heavy atom. The summed E-state index contributed by atoms with van der Waals surface area (Å²) in [6.45, 7) is 0. The molecule has 0 atom stereocenters. The summed E-state index contributed by atoms with van der Waals surface area (Å²) in [5.41, 5.74) is 0.603. The third kappa shape index (κ3) is 3.34. The topological polar surface area (TPSA) is 72.6 Å². The van der Waals surface area contributed by atoms with Gasteiger partial charge in [-0.05, 0) is 23.8 Å². The van der Waals surface area contributed by atoms with E-state index in [4.69, 9.17) is 11.6 Å². The normalized spacial score (nSPS) is 10.6. The molecule has 0 fully saturated rings. The van der Waals surface area contributed by atoms with E-state index in [9.17, 15) is 14.9 Å². The molecule has 1 aromatic carbocycles. The molecule has 15 heavy (non-hydrogen) atoms. The maximum absolute atomic E-state index is 10.3. The van der Waals surface area contributed by atoms with E-state index in [-0.39, 0.29) is 10.8 Å². The smallest absolute Gasteiger partial charge is 0.258 e. The Bertz CT molecular complexity index is 447. The fourth-order valence-electron chi connectivity index (χ4n) is 0.906. The highest BCUT2D eigenvalue weighted by atomic mass is 35.5. The molecule has 0 spiro atoms. The number of nitrogens with zero attached hydrogens (tertiary/aromatic N) is 2. The van der Waals surface area contributed by atoms with E-state index in [0.717, 1.165) is 0 Å². The van der Waals surface area contributed by atoms with Crippen LogP contribution in [0.5, 0.6) is 0 Å². The molecule has 6 heteroatoms. The molecular weight excluding hydrogens is 220 g/mol. The summed E-state index contributed by atoms with van der Waals surface area (Å²) in [7, 11) is 0. The number of hydrogen-bond acceptors (Lipinski definition) is 4. The third-order valence-corrected chi connectivity index (χ3v) is 1.74. The van der Waals surface area contributed by atoms with Crippen LogP contribution in [0.4, 0.5) is 5.69 Å². The van der Waals surface area contributed by atoms with Crippen molar-refractivity contribution < 1.29 is 9.72 Å². The quantitative estimate of drug-likeness (QED) is 0.260. The van der Waals surface area contributed by atoms with E-state index in [2.05, 4.69) is 4.99 Å². The highest BCUT2D eigenvalue weighted by Gasteiger charge is 2.02. The highest BCUT2D eigenvalue weighted by Crippen LogP contribution is 2.15. The zero-order valence-electron chi connectivity index (χ0n) is 7.38. The monoisotopic (exact) mass is 224 g/mol. The lowest BCUT2D eigenvalue weighted by molar-refractivity contribution is -0.384. The Balaban J connectivity index is 2.94. The molecule has 0 aromatic heterocycles. The molecule has 0 aliphatic carbocycles. The van der Waals surface area contributed by atoms with E-state index in [1.165, 1.54) is 36.4 Å². The number of nitro benzene ring substituents is 1. The van der Waals surface area contributed by atoms with Crippen LogP contribution >= 0.6 is 11.6 Å². The number of halogens is 1. The third-order valence-electron chi connectivity index (χ3n) is 1.54. The van der Waals surface area contributed by atoms with Gasteiger partial charge in [0.15, 0.2) is 0 Å². The lowest BCUT2D eigenvalue weighted by atomic mass is 10.2. The van der Waals surface area contributed by atoms with Gasteiger partial charge in [0.2, 0.25) is 6.08 Å². The number of nitro groups is 1. The fraction of sp³-hybridized carbons (Fsp3) is 0. The first-order valence-corrected chi connectivity index (χ1v) is 4.21. The molecule has 0 saturated heterocycles. The molecule has 0 unspecified atom stereocenters. The van der Waals surface area contributed by atoms with Gasteiger partial charge >= 0.3 is 0 Å². The minimum absolute atomic E-state index is 0.0119. The van der Waals surface area contributed by atoms with Gasteiger partial charge in [0.25, 0.3) is 5.69 Å². The van der Waals surface area contributed by atoms with Gasteiger partial charge in [0, 0.05) is 12.1 Å². The minimum Gasteiger partial charge on any atom is -0.258 e. The molecule has 0 radical (unpaired) electrons. The maximum Gasteiger partial charge on any atom is 0.269 e. The number of carbonyl (C=O) groups excluding carboxylic acids is 1. The van der Waals surface area contributed by atoms with Gasteiger partial charge in [-0.3, -0.25) is 10.1 Å². The van der Waals surface area contributed by atoms with E-state index in [0.29, 0.717) is 5.56 Å². The Morgan fingerprint density at radius 1 is 1.47 bits per heavy atom. The van der Waals surface area contributed by atoms with Crippen LogP contribution in [0.15, 0.2) is 34.4 Å². The Morgan fingerprint density at radius 3 is 2.53 bits per heavy atom. The summed E-state index contributed by atoms with van der Waals surface area (Å²) in [6, 6.07) is 5.67. The van der Waals surface area contributed by atoms with Crippen LogP contribution < -0.4 is 0 Å². The van der Waals surface area contributed by atoms with Gasteiger partial charge in [-0.2, -0.15) is 4.99 Å². The fourth-order valence-corrected chi connectivity index (χ4v) is 1.07. The standard InChI is InChI=1S/C9H5ClN2O3/c10-9(11-6-13)5-7-1-3-8(4-2-7)12(14)15/h1-5H/b9-5+. The van der Waals surface area contributed by atoms with Crippen molar-refractivity contribution in [3.8, 4) is 0 Å². The number of benzene rings is 1. The molecule has 76 valence electrons. The van der Waals surface area contributed by atoms with Crippen molar-refractivity contribution in [2.24, 2.45) is 4.99 Å². The van der Waals surface area contributed by atoms with E-state index >= 15 is 0 Å². The van der Waals surface area contributed by atoms with Gasteiger partial charge in [-0.25, -0.2) is 4.79 Å². The van der Waals surface area contributed by atoms with Crippen molar-refractivity contribution in [1.29, 1.82) is 0 Å². The molecular formula is C9H5ClN2O3. The summed E-state index contributed by atoms with van der Waals surface area (Å²) in [5.74, 6) is 0. The molecule has 0 bridgehead atoms. The summed E-state index contributed by atoms with van der Waals surface area (Å²) in [5, 5.41) is 10.3. The second kappa shape index (κ2) is 5.05.